The van der Waals surface area contributed by atoms with Crippen molar-refractivity contribution in [2.45, 2.75) is 46.5 Å². The summed E-state index contributed by atoms with van der Waals surface area (Å²) in [4.78, 5) is 29.4. The molecule has 0 aliphatic heterocycles. The third-order valence-electron chi connectivity index (χ3n) is 5.05. The Kier molecular flexibility index (Phi) is 4.79. The number of pyridine rings is 1. The summed E-state index contributed by atoms with van der Waals surface area (Å²) in [5.41, 5.74) is 3.78. The summed E-state index contributed by atoms with van der Waals surface area (Å²) in [7, 11) is 1.73. The van der Waals surface area contributed by atoms with Crippen molar-refractivity contribution >= 4 is 22.6 Å². The second kappa shape index (κ2) is 6.82. The number of benzene rings is 1. The van der Waals surface area contributed by atoms with E-state index in [1.807, 2.05) is 19.9 Å². The summed E-state index contributed by atoms with van der Waals surface area (Å²) in [6.45, 7) is 9.85. The standard InChI is InChI=1S/C21H26N4O3/c1-11-14(12(2)22-19-18(11)20(28)24-25(19)6)10-17(27)23-15-9-13(21(3,4)5)7-8-16(15)26/h7-9,26H,10H2,1-6H3,(H,23,27)(H,24,28). The zero-order valence-electron chi connectivity index (χ0n) is 17.1. The average Bonchev–Trinajstić information content (AvgIpc) is 2.86. The molecule has 28 heavy (non-hydrogen) atoms. The minimum atomic E-state index is -0.277. The molecule has 0 spiro atoms. The number of aromatic nitrogens is 3. The molecule has 0 bridgehead atoms. The molecule has 3 aromatic rings. The molecular weight excluding hydrogens is 356 g/mol. The molecule has 2 aromatic heterocycles. The van der Waals surface area contributed by atoms with Gasteiger partial charge in [-0.1, -0.05) is 26.8 Å². The van der Waals surface area contributed by atoms with Gasteiger partial charge in [0.25, 0.3) is 5.56 Å². The summed E-state index contributed by atoms with van der Waals surface area (Å²) < 4.78 is 1.58. The first-order chi connectivity index (χ1) is 13.0. The molecule has 1 amide bonds. The number of phenolic OH excluding ortho intramolecular Hbond substituents is 1. The van der Waals surface area contributed by atoms with Crippen molar-refractivity contribution in [2.24, 2.45) is 7.05 Å². The molecule has 0 atom stereocenters. The molecule has 7 nitrogen and oxygen atoms in total. The molecule has 0 fully saturated rings. The van der Waals surface area contributed by atoms with Crippen LogP contribution in [0.5, 0.6) is 5.75 Å². The normalized spacial score (nSPS) is 11.8. The molecule has 3 N–H and O–H groups in total. The Hall–Kier alpha value is -3.09. The van der Waals surface area contributed by atoms with E-state index in [1.54, 1.807) is 23.9 Å². The van der Waals surface area contributed by atoms with E-state index in [0.29, 0.717) is 28.0 Å². The molecule has 0 saturated carbocycles. The van der Waals surface area contributed by atoms with Crippen molar-refractivity contribution in [3.63, 3.8) is 0 Å². The van der Waals surface area contributed by atoms with E-state index in [2.05, 4.69) is 36.2 Å². The van der Waals surface area contributed by atoms with Gasteiger partial charge in [-0.25, -0.2) is 4.98 Å². The molecule has 7 heteroatoms. The van der Waals surface area contributed by atoms with Gasteiger partial charge in [0, 0.05) is 12.7 Å². The fraction of sp³-hybridized carbons (Fsp3) is 0.381. The van der Waals surface area contributed by atoms with Crippen LogP contribution in [0.25, 0.3) is 11.0 Å². The lowest BCUT2D eigenvalue weighted by molar-refractivity contribution is -0.115. The number of aromatic hydroxyl groups is 1. The molecule has 0 saturated heterocycles. The summed E-state index contributed by atoms with van der Waals surface area (Å²) in [6.07, 6.45) is 0.0636. The van der Waals surface area contributed by atoms with Gasteiger partial charge in [0.15, 0.2) is 5.65 Å². The van der Waals surface area contributed by atoms with E-state index < -0.39 is 0 Å². The lowest BCUT2D eigenvalue weighted by Crippen LogP contribution is -2.18. The highest BCUT2D eigenvalue weighted by Gasteiger charge is 2.19. The van der Waals surface area contributed by atoms with Crippen LogP contribution in [0.1, 0.15) is 43.2 Å². The third kappa shape index (κ3) is 3.52. The average molecular weight is 382 g/mol. The van der Waals surface area contributed by atoms with Gasteiger partial charge in [0.2, 0.25) is 5.91 Å². The smallest absolute Gasteiger partial charge is 0.273 e. The molecule has 148 valence electrons. The molecule has 0 aliphatic carbocycles. The van der Waals surface area contributed by atoms with Crippen LogP contribution < -0.4 is 10.9 Å². The molecule has 0 aliphatic rings. The zero-order valence-corrected chi connectivity index (χ0v) is 17.1. The number of H-pyrrole nitrogens is 1. The van der Waals surface area contributed by atoms with Gasteiger partial charge < -0.3 is 10.4 Å². The van der Waals surface area contributed by atoms with E-state index in [0.717, 1.165) is 11.1 Å². The first kappa shape index (κ1) is 19.7. The van der Waals surface area contributed by atoms with Crippen molar-refractivity contribution in [1.82, 2.24) is 14.8 Å². The maximum Gasteiger partial charge on any atom is 0.273 e. The predicted molar refractivity (Wildman–Crippen MR) is 110 cm³/mol. The minimum Gasteiger partial charge on any atom is -0.506 e. The summed E-state index contributed by atoms with van der Waals surface area (Å²) in [5.74, 6) is -0.260. The lowest BCUT2D eigenvalue weighted by atomic mass is 9.87. The Morgan fingerprint density at radius 2 is 1.96 bits per heavy atom. The minimum absolute atomic E-state index is 0.0166. The van der Waals surface area contributed by atoms with Gasteiger partial charge in [-0.05, 0) is 48.1 Å². The first-order valence-corrected chi connectivity index (χ1v) is 9.17. The molecule has 0 radical (unpaired) electrons. The topological polar surface area (TPSA) is 100 Å². The number of phenols is 1. The summed E-state index contributed by atoms with van der Waals surface area (Å²) >= 11 is 0. The number of hydrogen-bond acceptors (Lipinski definition) is 4. The van der Waals surface area contributed by atoms with Crippen molar-refractivity contribution in [2.75, 3.05) is 5.32 Å². The van der Waals surface area contributed by atoms with Crippen LogP contribution in [0.3, 0.4) is 0 Å². The van der Waals surface area contributed by atoms with Gasteiger partial charge in [-0.3, -0.25) is 19.4 Å². The molecular formula is C21H26N4O3. The van der Waals surface area contributed by atoms with E-state index in [-0.39, 0.29) is 29.1 Å². The number of nitrogens with zero attached hydrogens (tertiary/aromatic N) is 2. The molecule has 3 rings (SSSR count). The van der Waals surface area contributed by atoms with Crippen LogP contribution in [0.2, 0.25) is 0 Å². The van der Waals surface area contributed by atoms with Gasteiger partial charge >= 0.3 is 0 Å². The largest absolute Gasteiger partial charge is 0.506 e. The number of fused-ring (bicyclic) bond motifs is 1. The molecule has 1 aromatic carbocycles. The van der Waals surface area contributed by atoms with Crippen LogP contribution >= 0.6 is 0 Å². The Morgan fingerprint density at radius 3 is 2.61 bits per heavy atom. The highest BCUT2D eigenvalue weighted by Crippen LogP contribution is 2.31. The van der Waals surface area contributed by atoms with Gasteiger partial charge in [-0.15, -0.1) is 0 Å². The lowest BCUT2D eigenvalue weighted by Gasteiger charge is -2.20. The second-order valence-electron chi connectivity index (χ2n) is 8.21. The predicted octanol–water partition coefficient (Wildman–Crippen LogP) is 3.06. The number of amides is 1. The highest BCUT2D eigenvalue weighted by atomic mass is 16.3. The quantitative estimate of drug-likeness (QED) is 0.606. The van der Waals surface area contributed by atoms with Crippen LogP contribution in [-0.4, -0.2) is 25.8 Å². The van der Waals surface area contributed by atoms with Gasteiger partial charge in [-0.2, -0.15) is 0 Å². The Balaban J connectivity index is 1.93. The number of aromatic amines is 1. The number of rotatable bonds is 3. The van der Waals surface area contributed by atoms with Crippen LogP contribution in [0.4, 0.5) is 5.69 Å². The fourth-order valence-corrected chi connectivity index (χ4v) is 3.37. The van der Waals surface area contributed by atoms with Crippen molar-refractivity contribution in [3.8, 4) is 5.75 Å². The third-order valence-corrected chi connectivity index (χ3v) is 5.05. The van der Waals surface area contributed by atoms with Crippen molar-refractivity contribution in [1.29, 1.82) is 0 Å². The van der Waals surface area contributed by atoms with Crippen LogP contribution in [0.15, 0.2) is 23.0 Å². The number of anilines is 1. The fourth-order valence-electron chi connectivity index (χ4n) is 3.37. The maximum atomic E-state index is 12.7. The zero-order chi connectivity index (χ0) is 20.8. The Morgan fingerprint density at radius 1 is 1.29 bits per heavy atom. The maximum absolute atomic E-state index is 12.7. The van der Waals surface area contributed by atoms with E-state index in [4.69, 9.17) is 0 Å². The van der Waals surface area contributed by atoms with Crippen molar-refractivity contribution in [3.05, 3.63) is 50.9 Å². The monoisotopic (exact) mass is 382 g/mol. The number of aryl methyl sites for hydroxylation is 3. The van der Waals surface area contributed by atoms with E-state index >= 15 is 0 Å². The summed E-state index contributed by atoms with van der Waals surface area (Å²) in [5, 5.41) is 16.1. The van der Waals surface area contributed by atoms with Gasteiger partial charge in [0.05, 0.1) is 17.5 Å². The van der Waals surface area contributed by atoms with Crippen LogP contribution in [-0.2, 0) is 23.7 Å². The second-order valence-corrected chi connectivity index (χ2v) is 8.21. The Bertz CT molecular complexity index is 1130. The van der Waals surface area contributed by atoms with Gasteiger partial charge in [0.1, 0.15) is 5.75 Å². The van der Waals surface area contributed by atoms with E-state index in [1.165, 1.54) is 0 Å². The number of nitrogens with one attached hydrogen (secondary N) is 2. The van der Waals surface area contributed by atoms with E-state index in [9.17, 15) is 14.7 Å². The summed E-state index contributed by atoms with van der Waals surface area (Å²) in [6, 6.07) is 5.22. The number of hydrogen-bond donors (Lipinski definition) is 3. The SMILES string of the molecule is Cc1nc2c(c(C)c1CC(=O)Nc1cc(C(C)(C)C)ccc1O)c(=O)[nH]n2C. The molecule has 2 heterocycles. The first-order valence-electron chi connectivity index (χ1n) is 9.17. The van der Waals surface area contributed by atoms with Crippen molar-refractivity contribution < 1.29 is 9.90 Å². The highest BCUT2D eigenvalue weighted by molar-refractivity contribution is 5.95. The molecule has 0 unspecified atom stereocenters. The van der Waals surface area contributed by atoms with Crippen LogP contribution in [0, 0.1) is 13.8 Å². The number of carbonyl (C=O) groups is 1. The Labute approximate surface area is 163 Å². The number of carbonyl (C=O) groups excluding carboxylic acids is 1.